The van der Waals surface area contributed by atoms with Crippen LogP contribution in [-0.4, -0.2) is 33.4 Å². The van der Waals surface area contributed by atoms with Crippen molar-refractivity contribution < 1.29 is 13.2 Å². The zero-order chi connectivity index (χ0) is 10.1. The van der Waals surface area contributed by atoms with Crippen molar-refractivity contribution in [1.29, 1.82) is 0 Å². The number of tetrazole rings is 1. The van der Waals surface area contributed by atoms with Crippen molar-refractivity contribution in [2.45, 2.75) is 12.2 Å². The van der Waals surface area contributed by atoms with Gasteiger partial charge in [-0.05, 0) is 12.3 Å². The van der Waals surface area contributed by atoms with Crippen LogP contribution >= 0.6 is 0 Å². The summed E-state index contributed by atoms with van der Waals surface area (Å²) >= 11 is 0. The van der Waals surface area contributed by atoms with Crippen molar-refractivity contribution in [2.24, 2.45) is 7.05 Å². The van der Waals surface area contributed by atoms with E-state index in [1.807, 2.05) is 0 Å². The van der Waals surface area contributed by atoms with E-state index in [-0.39, 0.29) is 5.82 Å². The van der Waals surface area contributed by atoms with E-state index in [0.29, 0.717) is 0 Å². The molecule has 1 aromatic rings. The average molecular weight is 195 g/mol. The van der Waals surface area contributed by atoms with Gasteiger partial charge in [0.2, 0.25) is 5.82 Å². The Morgan fingerprint density at radius 1 is 1.46 bits per heavy atom. The third-order valence-electron chi connectivity index (χ3n) is 1.40. The number of halogens is 3. The molecule has 1 atom stereocenters. The fourth-order valence-corrected chi connectivity index (χ4v) is 0.853. The Kier molecular flexibility index (Phi) is 2.50. The molecule has 0 aliphatic rings. The molecule has 0 aliphatic carbocycles. The van der Waals surface area contributed by atoms with Gasteiger partial charge in [0.15, 0.2) is 6.04 Å². The van der Waals surface area contributed by atoms with Crippen molar-refractivity contribution in [3.05, 3.63) is 5.82 Å². The van der Waals surface area contributed by atoms with E-state index in [1.165, 1.54) is 14.1 Å². The Bertz CT molecular complexity index is 280. The summed E-state index contributed by atoms with van der Waals surface area (Å²) in [7, 11) is 2.59. The van der Waals surface area contributed by atoms with Crippen LogP contribution in [0.2, 0.25) is 0 Å². The van der Waals surface area contributed by atoms with Crippen molar-refractivity contribution in [2.75, 3.05) is 7.05 Å². The Labute approximate surface area is 71.9 Å². The second-order valence-electron chi connectivity index (χ2n) is 2.40. The first-order chi connectivity index (χ1) is 5.95. The summed E-state index contributed by atoms with van der Waals surface area (Å²) in [5.41, 5.74) is 0. The molecule has 13 heavy (non-hydrogen) atoms. The topological polar surface area (TPSA) is 55.6 Å². The maximum Gasteiger partial charge on any atom is 0.411 e. The lowest BCUT2D eigenvalue weighted by Crippen LogP contribution is -2.32. The Morgan fingerprint density at radius 2 is 2.08 bits per heavy atom. The van der Waals surface area contributed by atoms with E-state index in [1.54, 1.807) is 0 Å². The van der Waals surface area contributed by atoms with Gasteiger partial charge in [0, 0.05) is 0 Å². The van der Waals surface area contributed by atoms with Crippen LogP contribution in [0.15, 0.2) is 0 Å². The summed E-state index contributed by atoms with van der Waals surface area (Å²) in [4.78, 5) is 0.978. The van der Waals surface area contributed by atoms with E-state index in [0.717, 1.165) is 4.80 Å². The predicted molar refractivity (Wildman–Crippen MR) is 36.7 cm³/mol. The van der Waals surface area contributed by atoms with E-state index in [4.69, 9.17) is 0 Å². The molecule has 1 N–H and O–H groups in total. The van der Waals surface area contributed by atoms with Gasteiger partial charge in [-0.3, -0.25) is 0 Å². The minimum atomic E-state index is -4.40. The number of alkyl halides is 3. The summed E-state index contributed by atoms with van der Waals surface area (Å²) in [6, 6.07) is -1.86. The monoisotopic (exact) mass is 195 g/mol. The summed E-state index contributed by atoms with van der Waals surface area (Å²) in [6.45, 7) is 0. The molecule has 0 saturated carbocycles. The number of aryl methyl sites for hydroxylation is 1. The number of nitrogens with zero attached hydrogens (tertiary/aromatic N) is 4. The first-order valence-electron chi connectivity index (χ1n) is 3.43. The molecular formula is C5H8F3N5. The van der Waals surface area contributed by atoms with E-state index >= 15 is 0 Å². The van der Waals surface area contributed by atoms with Crippen molar-refractivity contribution in [3.8, 4) is 0 Å². The van der Waals surface area contributed by atoms with Crippen LogP contribution in [-0.2, 0) is 7.05 Å². The Morgan fingerprint density at radius 3 is 2.38 bits per heavy atom. The SMILES string of the molecule is CNC(c1nnn(C)n1)C(F)(F)F. The molecule has 0 spiro atoms. The smallest absolute Gasteiger partial charge is 0.303 e. The molecule has 1 rings (SSSR count). The quantitative estimate of drug-likeness (QED) is 0.723. The molecule has 1 aromatic heterocycles. The van der Waals surface area contributed by atoms with E-state index in [2.05, 4.69) is 20.7 Å². The molecule has 0 aromatic carbocycles. The molecule has 0 saturated heterocycles. The maximum atomic E-state index is 12.2. The summed E-state index contributed by atoms with van der Waals surface area (Å²) in [5, 5.41) is 12.1. The molecule has 1 heterocycles. The van der Waals surface area contributed by atoms with Gasteiger partial charge in [-0.25, -0.2) is 0 Å². The number of aromatic nitrogens is 4. The lowest BCUT2D eigenvalue weighted by molar-refractivity contribution is -0.158. The molecular weight excluding hydrogens is 187 g/mol. The summed E-state index contributed by atoms with van der Waals surface area (Å²) in [5.74, 6) is -0.377. The van der Waals surface area contributed by atoms with Gasteiger partial charge < -0.3 is 5.32 Å². The molecule has 8 heteroatoms. The predicted octanol–water partition coefficient (Wildman–Crippen LogP) is 0.0329. The van der Waals surface area contributed by atoms with Gasteiger partial charge in [0.05, 0.1) is 7.05 Å². The van der Waals surface area contributed by atoms with Gasteiger partial charge in [0.1, 0.15) is 0 Å². The standard InChI is InChI=1S/C5H8F3N5/c1-9-3(5(6,7)8)4-10-12-13(2)11-4/h3,9H,1-2H3. The van der Waals surface area contributed by atoms with Crippen molar-refractivity contribution in [1.82, 2.24) is 25.5 Å². The number of hydrogen-bond donors (Lipinski definition) is 1. The van der Waals surface area contributed by atoms with Crippen molar-refractivity contribution >= 4 is 0 Å². The van der Waals surface area contributed by atoms with Crippen LogP contribution in [0, 0.1) is 0 Å². The number of rotatable bonds is 2. The fourth-order valence-electron chi connectivity index (χ4n) is 0.853. The van der Waals surface area contributed by atoms with Gasteiger partial charge in [-0.15, -0.1) is 10.2 Å². The Balaban J connectivity index is 2.91. The highest BCUT2D eigenvalue weighted by atomic mass is 19.4. The van der Waals surface area contributed by atoms with Gasteiger partial charge in [-0.2, -0.15) is 18.0 Å². The van der Waals surface area contributed by atoms with Crippen LogP contribution in [0.25, 0.3) is 0 Å². The zero-order valence-electron chi connectivity index (χ0n) is 7.00. The molecule has 0 amide bonds. The first-order valence-corrected chi connectivity index (χ1v) is 3.43. The van der Waals surface area contributed by atoms with E-state index < -0.39 is 12.2 Å². The number of hydrogen-bond acceptors (Lipinski definition) is 4. The summed E-state index contributed by atoms with van der Waals surface area (Å²) in [6.07, 6.45) is -4.40. The third kappa shape index (κ3) is 2.14. The Hall–Kier alpha value is -1.18. The highest BCUT2D eigenvalue weighted by molar-refractivity contribution is 4.93. The van der Waals surface area contributed by atoms with Gasteiger partial charge in [-0.1, -0.05) is 0 Å². The lowest BCUT2D eigenvalue weighted by Gasteiger charge is -2.15. The highest BCUT2D eigenvalue weighted by Gasteiger charge is 2.42. The largest absolute Gasteiger partial charge is 0.411 e. The minimum absolute atomic E-state index is 0.377. The van der Waals surface area contributed by atoms with Gasteiger partial charge in [0.25, 0.3) is 0 Å². The zero-order valence-corrected chi connectivity index (χ0v) is 7.00. The van der Waals surface area contributed by atoms with Crippen LogP contribution in [0.4, 0.5) is 13.2 Å². The van der Waals surface area contributed by atoms with E-state index in [9.17, 15) is 13.2 Å². The highest BCUT2D eigenvalue weighted by Crippen LogP contribution is 2.29. The molecule has 74 valence electrons. The molecule has 0 radical (unpaired) electrons. The lowest BCUT2D eigenvalue weighted by atomic mass is 10.3. The summed E-state index contributed by atoms with van der Waals surface area (Å²) < 4.78 is 36.7. The number of nitrogens with one attached hydrogen (secondary N) is 1. The second-order valence-corrected chi connectivity index (χ2v) is 2.40. The molecule has 1 unspecified atom stereocenters. The molecule has 0 bridgehead atoms. The van der Waals surface area contributed by atoms with Crippen LogP contribution in [0.1, 0.15) is 11.9 Å². The van der Waals surface area contributed by atoms with Crippen LogP contribution in [0.3, 0.4) is 0 Å². The first kappa shape index (κ1) is 9.90. The van der Waals surface area contributed by atoms with Crippen molar-refractivity contribution in [3.63, 3.8) is 0 Å². The third-order valence-corrected chi connectivity index (χ3v) is 1.40. The molecule has 0 aliphatic heterocycles. The van der Waals surface area contributed by atoms with Gasteiger partial charge >= 0.3 is 6.18 Å². The van der Waals surface area contributed by atoms with Crippen LogP contribution in [0.5, 0.6) is 0 Å². The average Bonchev–Trinajstić information content (AvgIpc) is 2.34. The minimum Gasteiger partial charge on any atom is -0.303 e. The maximum absolute atomic E-state index is 12.2. The second kappa shape index (κ2) is 3.29. The normalized spacial score (nSPS) is 14.5. The molecule has 0 fully saturated rings. The fraction of sp³-hybridized carbons (Fsp3) is 0.800. The molecule has 5 nitrogen and oxygen atoms in total. The van der Waals surface area contributed by atoms with Crippen LogP contribution < -0.4 is 5.32 Å².